The Bertz CT molecular complexity index is 816. The minimum absolute atomic E-state index is 0.00177. The molecular formula is C21H23NO4. The molecule has 0 amide bonds. The van der Waals surface area contributed by atoms with Gasteiger partial charge in [0.25, 0.3) is 0 Å². The van der Waals surface area contributed by atoms with Crippen LogP contribution >= 0.6 is 0 Å². The van der Waals surface area contributed by atoms with Gasteiger partial charge in [0.05, 0.1) is 30.6 Å². The van der Waals surface area contributed by atoms with Crippen LogP contribution in [-0.4, -0.2) is 36.5 Å². The van der Waals surface area contributed by atoms with Gasteiger partial charge in [0.2, 0.25) is 0 Å². The van der Waals surface area contributed by atoms with E-state index in [0.717, 1.165) is 28.7 Å². The van der Waals surface area contributed by atoms with E-state index < -0.39 is 17.4 Å². The Labute approximate surface area is 153 Å². The standard InChI is InChI=1S/C21H23NO4/c1-11-8-12(2)15(13(3)9-11)17-19(23)16-14-4-5-21(26-14,10-25-7-6-22)18(16)20(17)24/h8-9,14,16-18H,4-5,7,10H2,1-3H3/t14-,16-,17?,18+,21-/m0/s1. The molecule has 1 aromatic carbocycles. The van der Waals surface area contributed by atoms with Crippen LogP contribution in [-0.2, 0) is 19.1 Å². The number of hydrogen-bond acceptors (Lipinski definition) is 5. The fourth-order valence-corrected chi connectivity index (χ4v) is 5.52. The number of nitriles is 1. The first-order chi connectivity index (χ1) is 12.4. The Hall–Kier alpha value is -2.03. The molecule has 3 aliphatic rings. The number of Topliss-reactive ketones (excluding diaryl/α,β-unsaturated/α-hetero) is 2. The van der Waals surface area contributed by atoms with Crippen molar-refractivity contribution < 1.29 is 19.1 Å². The van der Waals surface area contributed by atoms with Crippen molar-refractivity contribution in [2.24, 2.45) is 11.8 Å². The molecule has 0 aromatic heterocycles. The first-order valence-electron chi connectivity index (χ1n) is 9.17. The molecule has 4 rings (SSSR count). The van der Waals surface area contributed by atoms with Crippen LogP contribution in [0.1, 0.15) is 41.0 Å². The third-order valence-electron chi connectivity index (χ3n) is 6.31. The number of ether oxygens (including phenoxy) is 2. The van der Waals surface area contributed by atoms with Crippen LogP contribution in [0.15, 0.2) is 12.1 Å². The van der Waals surface area contributed by atoms with Crippen molar-refractivity contribution in [3.05, 3.63) is 34.4 Å². The molecular weight excluding hydrogens is 330 g/mol. The number of carbonyl (C=O) groups excluding carboxylic acids is 2. The summed E-state index contributed by atoms with van der Waals surface area (Å²) in [5, 5.41) is 8.73. The second-order valence-corrected chi connectivity index (χ2v) is 7.96. The van der Waals surface area contributed by atoms with Crippen LogP contribution in [0, 0.1) is 43.9 Å². The first kappa shape index (κ1) is 17.4. The van der Waals surface area contributed by atoms with E-state index in [9.17, 15) is 9.59 Å². The minimum Gasteiger partial charge on any atom is -0.368 e. The highest BCUT2D eigenvalue weighted by molar-refractivity contribution is 6.17. The summed E-state index contributed by atoms with van der Waals surface area (Å²) in [5.41, 5.74) is 3.26. The van der Waals surface area contributed by atoms with Crippen molar-refractivity contribution in [3.8, 4) is 6.07 Å². The Morgan fingerprint density at radius 2 is 1.92 bits per heavy atom. The van der Waals surface area contributed by atoms with Gasteiger partial charge < -0.3 is 9.47 Å². The lowest BCUT2D eigenvalue weighted by atomic mass is 9.73. The maximum Gasteiger partial charge on any atom is 0.154 e. The summed E-state index contributed by atoms with van der Waals surface area (Å²) >= 11 is 0. The molecule has 1 aromatic rings. The van der Waals surface area contributed by atoms with Crippen LogP contribution in [0.5, 0.6) is 0 Å². The van der Waals surface area contributed by atoms with Gasteiger partial charge in [-0.1, -0.05) is 17.7 Å². The molecule has 5 atom stereocenters. The van der Waals surface area contributed by atoms with Gasteiger partial charge in [-0.3, -0.25) is 9.59 Å². The summed E-state index contributed by atoms with van der Waals surface area (Å²) in [6.45, 7) is 6.14. The number of hydrogen-bond donors (Lipinski definition) is 0. The number of nitrogens with zero attached hydrogens (tertiary/aromatic N) is 1. The number of carbonyl (C=O) groups is 2. The van der Waals surface area contributed by atoms with Crippen molar-refractivity contribution in [1.29, 1.82) is 5.26 Å². The lowest BCUT2D eigenvalue weighted by Crippen LogP contribution is -2.44. The topological polar surface area (TPSA) is 76.4 Å². The number of benzene rings is 1. The number of ketones is 2. The zero-order valence-electron chi connectivity index (χ0n) is 15.4. The molecule has 2 bridgehead atoms. The molecule has 2 aliphatic heterocycles. The van der Waals surface area contributed by atoms with E-state index in [1.165, 1.54) is 0 Å². The largest absolute Gasteiger partial charge is 0.368 e. The molecule has 5 heteroatoms. The Balaban J connectivity index is 1.72. The molecule has 2 saturated heterocycles. The van der Waals surface area contributed by atoms with E-state index in [1.54, 1.807) is 0 Å². The van der Waals surface area contributed by atoms with Crippen molar-refractivity contribution in [3.63, 3.8) is 0 Å². The first-order valence-corrected chi connectivity index (χ1v) is 9.17. The average molecular weight is 353 g/mol. The van der Waals surface area contributed by atoms with Crippen LogP contribution in [0.3, 0.4) is 0 Å². The maximum absolute atomic E-state index is 13.4. The summed E-state index contributed by atoms with van der Waals surface area (Å²) in [4.78, 5) is 26.6. The van der Waals surface area contributed by atoms with Gasteiger partial charge in [0.1, 0.15) is 18.1 Å². The Morgan fingerprint density at radius 3 is 2.58 bits per heavy atom. The molecule has 0 N–H and O–H groups in total. The number of rotatable bonds is 4. The molecule has 136 valence electrons. The molecule has 2 heterocycles. The zero-order chi connectivity index (χ0) is 18.6. The van der Waals surface area contributed by atoms with Crippen molar-refractivity contribution in [2.45, 2.75) is 51.2 Å². The van der Waals surface area contributed by atoms with Gasteiger partial charge in [-0.2, -0.15) is 5.26 Å². The molecule has 1 aliphatic carbocycles. The molecule has 5 nitrogen and oxygen atoms in total. The van der Waals surface area contributed by atoms with Crippen molar-refractivity contribution >= 4 is 11.6 Å². The van der Waals surface area contributed by atoms with Gasteiger partial charge in [-0.05, 0) is 50.3 Å². The third-order valence-corrected chi connectivity index (χ3v) is 6.31. The summed E-state index contributed by atoms with van der Waals surface area (Å²) in [6.07, 6.45) is 1.29. The smallest absolute Gasteiger partial charge is 0.154 e. The molecule has 0 spiro atoms. The number of aryl methyl sites for hydroxylation is 3. The summed E-state index contributed by atoms with van der Waals surface area (Å²) in [7, 11) is 0. The quantitative estimate of drug-likeness (QED) is 0.614. The average Bonchev–Trinajstić information content (AvgIpc) is 3.20. The second-order valence-electron chi connectivity index (χ2n) is 7.96. The molecule has 1 unspecified atom stereocenters. The van der Waals surface area contributed by atoms with E-state index in [-0.39, 0.29) is 36.8 Å². The normalized spacial score (nSPS) is 35.0. The predicted molar refractivity (Wildman–Crippen MR) is 93.7 cm³/mol. The van der Waals surface area contributed by atoms with Gasteiger partial charge in [-0.15, -0.1) is 0 Å². The summed E-state index contributed by atoms with van der Waals surface area (Å²) < 4.78 is 11.5. The van der Waals surface area contributed by atoms with Crippen molar-refractivity contribution in [1.82, 2.24) is 0 Å². The fraction of sp³-hybridized carbons (Fsp3) is 0.571. The fourth-order valence-electron chi connectivity index (χ4n) is 5.52. The van der Waals surface area contributed by atoms with E-state index >= 15 is 0 Å². The van der Waals surface area contributed by atoms with Crippen LogP contribution < -0.4 is 0 Å². The lowest BCUT2D eigenvalue weighted by molar-refractivity contribution is -0.133. The summed E-state index contributed by atoms with van der Waals surface area (Å²) in [6, 6.07) is 6.02. The van der Waals surface area contributed by atoms with Crippen LogP contribution in [0.4, 0.5) is 0 Å². The Morgan fingerprint density at radius 1 is 1.23 bits per heavy atom. The predicted octanol–water partition coefficient (Wildman–Crippen LogP) is 2.55. The highest BCUT2D eigenvalue weighted by Gasteiger charge is 2.69. The zero-order valence-corrected chi connectivity index (χ0v) is 15.4. The molecule has 26 heavy (non-hydrogen) atoms. The maximum atomic E-state index is 13.4. The highest BCUT2D eigenvalue weighted by atomic mass is 16.6. The number of fused-ring (bicyclic) bond motifs is 5. The second kappa shape index (κ2) is 6.00. The third kappa shape index (κ3) is 2.29. The van der Waals surface area contributed by atoms with Gasteiger partial charge in [0.15, 0.2) is 11.6 Å². The van der Waals surface area contributed by atoms with Gasteiger partial charge in [-0.25, -0.2) is 0 Å². The van der Waals surface area contributed by atoms with E-state index in [1.807, 2.05) is 39.0 Å². The SMILES string of the molecule is Cc1cc(C)c(C2C(=O)[C@H]3[C@@H]4CC[C@@](COCC#N)(O4)[C@H]3C2=O)c(C)c1. The molecule has 3 fully saturated rings. The molecule has 0 radical (unpaired) electrons. The van der Waals surface area contributed by atoms with Crippen LogP contribution in [0.2, 0.25) is 0 Å². The van der Waals surface area contributed by atoms with E-state index in [2.05, 4.69) is 0 Å². The highest BCUT2D eigenvalue weighted by Crippen LogP contribution is 2.58. The van der Waals surface area contributed by atoms with E-state index in [4.69, 9.17) is 14.7 Å². The summed E-state index contributed by atoms with van der Waals surface area (Å²) in [5.74, 6) is -1.53. The monoisotopic (exact) mass is 353 g/mol. The van der Waals surface area contributed by atoms with E-state index in [0.29, 0.717) is 6.42 Å². The minimum atomic E-state index is -0.736. The van der Waals surface area contributed by atoms with Crippen LogP contribution in [0.25, 0.3) is 0 Å². The lowest BCUT2D eigenvalue weighted by Gasteiger charge is -2.31. The Kier molecular flexibility index (Phi) is 4.02. The van der Waals surface area contributed by atoms with Crippen molar-refractivity contribution in [2.75, 3.05) is 13.2 Å². The van der Waals surface area contributed by atoms with Gasteiger partial charge in [0, 0.05) is 0 Å². The molecule has 1 saturated carbocycles. The van der Waals surface area contributed by atoms with Gasteiger partial charge >= 0.3 is 0 Å².